The van der Waals surface area contributed by atoms with Gasteiger partial charge < -0.3 is 23.7 Å². The van der Waals surface area contributed by atoms with Gasteiger partial charge in [0.05, 0.1) is 27.4 Å². The molecule has 0 amide bonds. The predicted octanol–water partition coefficient (Wildman–Crippen LogP) is 3.80. The molecule has 4 rings (SSSR count). The van der Waals surface area contributed by atoms with Crippen LogP contribution in [0.3, 0.4) is 0 Å². The second kappa shape index (κ2) is 9.47. The van der Waals surface area contributed by atoms with Crippen LogP contribution in [0.2, 0.25) is 0 Å². The van der Waals surface area contributed by atoms with E-state index in [-0.39, 0.29) is 25.7 Å². The molecule has 0 N–H and O–H groups in total. The van der Waals surface area contributed by atoms with Crippen LogP contribution in [0.4, 0.5) is 0 Å². The van der Waals surface area contributed by atoms with Crippen molar-refractivity contribution in [1.82, 2.24) is 0 Å². The zero-order valence-corrected chi connectivity index (χ0v) is 20.4. The van der Waals surface area contributed by atoms with Crippen molar-refractivity contribution >= 4 is 17.9 Å². The van der Waals surface area contributed by atoms with Gasteiger partial charge in [-0.1, -0.05) is 25.3 Å². The lowest BCUT2D eigenvalue weighted by Gasteiger charge is -2.61. The average molecular weight is 475 g/mol. The van der Waals surface area contributed by atoms with Crippen LogP contribution in [-0.2, 0) is 28.6 Å². The summed E-state index contributed by atoms with van der Waals surface area (Å²) < 4.78 is 27.9. The number of carbonyl (C=O) groups is 3. The maximum Gasteiger partial charge on any atom is 0.324 e. The lowest BCUT2D eigenvalue weighted by atomic mass is 9.46. The summed E-state index contributed by atoms with van der Waals surface area (Å²) in [5.74, 6) is -2.24. The molecule has 1 heterocycles. The van der Waals surface area contributed by atoms with Crippen LogP contribution in [0.5, 0.6) is 11.5 Å². The second-order valence-corrected chi connectivity index (χ2v) is 9.48. The second-order valence-electron chi connectivity index (χ2n) is 9.48. The third-order valence-corrected chi connectivity index (χ3v) is 7.87. The van der Waals surface area contributed by atoms with E-state index in [9.17, 15) is 14.4 Å². The van der Waals surface area contributed by atoms with Gasteiger partial charge in [0.1, 0.15) is 23.5 Å². The fourth-order valence-corrected chi connectivity index (χ4v) is 6.47. The molecule has 186 valence electrons. The van der Waals surface area contributed by atoms with Crippen LogP contribution in [0.1, 0.15) is 63.9 Å². The van der Waals surface area contributed by atoms with Gasteiger partial charge in [-0.05, 0) is 39.2 Å². The molecular formula is C26H34O8. The quantitative estimate of drug-likeness (QED) is 0.334. The lowest BCUT2D eigenvalue weighted by molar-refractivity contribution is -0.240. The van der Waals surface area contributed by atoms with Crippen LogP contribution in [-0.4, -0.2) is 51.4 Å². The zero-order valence-electron chi connectivity index (χ0n) is 20.4. The molecular weight excluding hydrogens is 440 g/mol. The smallest absolute Gasteiger partial charge is 0.324 e. The fraction of sp³-hybridized carbons (Fsp3) is 0.654. The summed E-state index contributed by atoms with van der Waals surface area (Å²) in [6, 6.07) is 5.19. The van der Waals surface area contributed by atoms with Gasteiger partial charge in [-0.25, -0.2) is 0 Å². The molecule has 1 spiro atoms. The number of carbonyl (C=O) groups excluding carboxylic acids is 3. The monoisotopic (exact) mass is 474 g/mol. The summed E-state index contributed by atoms with van der Waals surface area (Å²) in [5, 5.41) is 0. The van der Waals surface area contributed by atoms with Crippen molar-refractivity contribution < 1.29 is 38.1 Å². The molecule has 1 aliphatic heterocycles. The van der Waals surface area contributed by atoms with Crippen molar-refractivity contribution in [2.24, 2.45) is 16.7 Å². The van der Waals surface area contributed by atoms with Gasteiger partial charge >= 0.3 is 17.9 Å². The molecule has 0 radical (unpaired) electrons. The highest BCUT2D eigenvalue weighted by Crippen LogP contribution is 2.66. The Kier molecular flexibility index (Phi) is 6.78. The predicted molar refractivity (Wildman–Crippen MR) is 121 cm³/mol. The summed E-state index contributed by atoms with van der Waals surface area (Å²) in [6.45, 7) is 3.63. The summed E-state index contributed by atoms with van der Waals surface area (Å²) >= 11 is 0. The van der Waals surface area contributed by atoms with Crippen molar-refractivity contribution in [1.29, 1.82) is 0 Å². The van der Waals surface area contributed by atoms with Gasteiger partial charge in [0.2, 0.25) is 0 Å². The fourth-order valence-electron chi connectivity index (χ4n) is 6.47. The molecule has 2 aliphatic carbocycles. The van der Waals surface area contributed by atoms with Gasteiger partial charge in [0, 0.05) is 23.0 Å². The molecule has 8 heteroatoms. The Morgan fingerprint density at radius 3 is 2.18 bits per heavy atom. The molecule has 3 fully saturated rings. The first-order valence-corrected chi connectivity index (χ1v) is 12.2. The summed E-state index contributed by atoms with van der Waals surface area (Å²) in [4.78, 5) is 40.7. The maximum atomic E-state index is 13.8. The molecule has 34 heavy (non-hydrogen) atoms. The first-order chi connectivity index (χ1) is 16.4. The van der Waals surface area contributed by atoms with Crippen LogP contribution in [0.15, 0.2) is 18.2 Å². The number of benzene rings is 1. The van der Waals surface area contributed by atoms with Crippen molar-refractivity contribution in [3.05, 3.63) is 23.8 Å². The Labute approximate surface area is 200 Å². The minimum atomic E-state index is -1.69. The number of esters is 3. The molecule has 3 aliphatic rings. The number of methoxy groups -OCH3 is 2. The highest BCUT2D eigenvalue weighted by atomic mass is 16.6. The molecule has 1 aromatic carbocycles. The number of hydrogen-bond acceptors (Lipinski definition) is 8. The van der Waals surface area contributed by atoms with Crippen molar-refractivity contribution in [2.75, 3.05) is 27.4 Å². The highest BCUT2D eigenvalue weighted by molar-refractivity contribution is 6.03. The first-order valence-electron chi connectivity index (χ1n) is 12.2. The first kappa shape index (κ1) is 24.4. The topological polar surface area (TPSA) is 97.4 Å². The van der Waals surface area contributed by atoms with Crippen molar-refractivity contribution in [2.45, 2.75) is 64.4 Å². The van der Waals surface area contributed by atoms with Crippen LogP contribution in [0, 0.1) is 16.7 Å². The third-order valence-electron chi connectivity index (χ3n) is 7.87. The molecule has 1 aromatic rings. The number of rotatable bonds is 7. The van der Waals surface area contributed by atoms with Gasteiger partial charge in [0.25, 0.3) is 0 Å². The molecule has 1 saturated heterocycles. The number of hydrogen-bond donors (Lipinski definition) is 0. The Balaban J connectivity index is 1.96. The summed E-state index contributed by atoms with van der Waals surface area (Å²) in [7, 11) is 3.06. The Morgan fingerprint density at radius 2 is 1.65 bits per heavy atom. The zero-order chi connectivity index (χ0) is 24.5. The lowest BCUT2D eigenvalue weighted by Crippen LogP contribution is -2.68. The van der Waals surface area contributed by atoms with Gasteiger partial charge in [-0.2, -0.15) is 0 Å². The van der Waals surface area contributed by atoms with Crippen LogP contribution >= 0.6 is 0 Å². The highest BCUT2D eigenvalue weighted by Gasteiger charge is 2.73. The Hall–Kier alpha value is -2.77. The van der Waals surface area contributed by atoms with E-state index >= 15 is 0 Å². The average Bonchev–Trinajstić information content (AvgIpc) is 2.84. The molecule has 8 nitrogen and oxygen atoms in total. The molecule has 0 bridgehead atoms. The number of ether oxygens (including phenoxy) is 5. The van der Waals surface area contributed by atoms with Crippen molar-refractivity contribution in [3.8, 4) is 11.5 Å². The van der Waals surface area contributed by atoms with E-state index in [0.717, 1.165) is 32.1 Å². The minimum absolute atomic E-state index is 0.109. The number of fused-ring (bicyclic) bond motifs is 2. The van der Waals surface area contributed by atoms with Crippen LogP contribution < -0.4 is 9.47 Å². The Morgan fingerprint density at radius 1 is 1.00 bits per heavy atom. The van der Waals surface area contributed by atoms with E-state index in [1.165, 1.54) is 7.11 Å². The molecule has 0 aromatic heterocycles. The van der Waals surface area contributed by atoms with E-state index in [0.29, 0.717) is 17.1 Å². The van der Waals surface area contributed by atoms with Crippen molar-refractivity contribution in [3.63, 3.8) is 0 Å². The molecule has 2 saturated carbocycles. The van der Waals surface area contributed by atoms with E-state index in [1.807, 2.05) is 0 Å². The summed E-state index contributed by atoms with van der Waals surface area (Å²) in [5.41, 5.74) is -1.58. The van der Waals surface area contributed by atoms with E-state index in [1.54, 1.807) is 39.2 Å². The summed E-state index contributed by atoms with van der Waals surface area (Å²) in [6.07, 6.45) is 4.41. The maximum absolute atomic E-state index is 13.8. The normalized spacial score (nSPS) is 26.5. The van der Waals surface area contributed by atoms with E-state index < -0.39 is 40.6 Å². The van der Waals surface area contributed by atoms with Crippen LogP contribution in [0.25, 0.3) is 0 Å². The van der Waals surface area contributed by atoms with Gasteiger partial charge in [-0.15, -0.1) is 0 Å². The third kappa shape index (κ3) is 3.62. The Bertz CT molecular complexity index is 930. The van der Waals surface area contributed by atoms with E-state index in [4.69, 9.17) is 23.7 Å². The minimum Gasteiger partial charge on any atom is -0.497 e. The van der Waals surface area contributed by atoms with Gasteiger partial charge in [0.15, 0.2) is 5.41 Å². The van der Waals surface area contributed by atoms with Gasteiger partial charge in [-0.3, -0.25) is 14.4 Å². The molecule has 3 atom stereocenters. The molecule has 0 unspecified atom stereocenters. The standard InChI is InChI=1S/C26H34O8/c1-5-32-23(28)26(24(29)33-6-2)15-25(12-8-7-9-13-25)21-19(22(27)34-21)20(26)17-11-10-16(30-3)14-18(17)31-4/h10-11,14,19-21H,5-9,12-13,15H2,1-4H3/t19-,20-,21-/m0/s1. The largest absolute Gasteiger partial charge is 0.497 e. The van der Waals surface area contributed by atoms with E-state index in [2.05, 4.69) is 0 Å². The SMILES string of the molecule is CCOC(=O)C1(C(=O)OCC)CC2(CCCCC2)[C@H]2OC(=O)[C@H]2[C@@H]1c1ccc(OC)cc1OC.